The average molecular weight is 306 g/mol. The van der Waals surface area contributed by atoms with Crippen molar-refractivity contribution in [1.82, 2.24) is 15.0 Å². The monoisotopic (exact) mass is 305 g/mol. The Morgan fingerprint density at radius 3 is 2.85 bits per heavy atom. The molecule has 6 heteroatoms. The Balaban J connectivity index is 1.99. The standard InChI is InChI=1S/C14H9Cl2N3O/c15-7-11-13(16)18-8-19-14(11)20-10-4-3-9-2-1-5-17-12(9)6-10/h1-6,8H,7H2. The van der Waals surface area contributed by atoms with E-state index in [9.17, 15) is 0 Å². The van der Waals surface area contributed by atoms with E-state index >= 15 is 0 Å². The van der Waals surface area contributed by atoms with Crippen LogP contribution in [-0.4, -0.2) is 15.0 Å². The number of alkyl halides is 1. The fourth-order valence-electron chi connectivity index (χ4n) is 1.80. The lowest BCUT2D eigenvalue weighted by Gasteiger charge is -2.09. The molecular formula is C14H9Cl2N3O. The summed E-state index contributed by atoms with van der Waals surface area (Å²) in [6, 6.07) is 9.48. The first-order valence-corrected chi connectivity index (χ1v) is 6.77. The van der Waals surface area contributed by atoms with E-state index in [4.69, 9.17) is 27.9 Å². The predicted octanol–water partition coefficient (Wildman–Crippen LogP) is 4.21. The maximum absolute atomic E-state index is 5.96. The summed E-state index contributed by atoms with van der Waals surface area (Å²) in [5.41, 5.74) is 1.41. The van der Waals surface area contributed by atoms with Crippen molar-refractivity contribution in [3.63, 3.8) is 0 Å². The summed E-state index contributed by atoms with van der Waals surface area (Å²) in [5.74, 6) is 1.16. The molecule has 2 heterocycles. The summed E-state index contributed by atoms with van der Waals surface area (Å²) in [7, 11) is 0. The van der Waals surface area contributed by atoms with Gasteiger partial charge in [-0.3, -0.25) is 4.98 Å². The van der Waals surface area contributed by atoms with Crippen molar-refractivity contribution in [1.29, 1.82) is 0 Å². The minimum atomic E-state index is 0.181. The van der Waals surface area contributed by atoms with E-state index in [2.05, 4.69) is 15.0 Å². The summed E-state index contributed by atoms with van der Waals surface area (Å²) in [6.07, 6.45) is 3.07. The van der Waals surface area contributed by atoms with Crippen molar-refractivity contribution in [2.75, 3.05) is 0 Å². The number of nitrogens with zero attached hydrogens (tertiary/aromatic N) is 3. The van der Waals surface area contributed by atoms with Crippen molar-refractivity contribution in [3.8, 4) is 11.6 Å². The van der Waals surface area contributed by atoms with Gasteiger partial charge in [0.25, 0.3) is 0 Å². The van der Waals surface area contributed by atoms with Crippen LogP contribution in [0.3, 0.4) is 0 Å². The Morgan fingerprint density at radius 1 is 1.10 bits per heavy atom. The molecule has 3 aromatic rings. The van der Waals surface area contributed by atoms with Gasteiger partial charge in [0.1, 0.15) is 17.2 Å². The van der Waals surface area contributed by atoms with Crippen molar-refractivity contribution in [2.24, 2.45) is 0 Å². The molecule has 0 aliphatic rings. The topological polar surface area (TPSA) is 47.9 Å². The number of benzene rings is 1. The number of hydrogen-bond acceptors (Lipinski definition) is 4. The maximum atomic E-state index is 5.96. The first-order chi connectivity index (χ1) is 9.78. The second kappa shape index (κ2) is 5.61. The molecule has 0 N–H and O–H groups in total. The fourth-order valence-corrected chi connectivity index (χ4v) is 2.30. The third kappa shape index (κ3) is 2.53. The summed E-state index contributed by atoms with van der Waals surface area (Å²) in [6.45, 7) is 0. The van der Waals surface area contributed by atoms with Gasteiger partial charge in [-0.25, -0.2) is 9.97 Å². The van der Waals surface area contributed by atoms with Crippen LogP contribution in [0, 0.1) is 0 Å². The summed E-state index contributed by atoms with van der Waals surface area (Å²) in [4.78, 5) is 12.2. The molecule has 0 saturated heterocycles. The lowest BCUT2D eigenvalue weighted by molar-refractivity contribution is 0.457. The molecule has 0 fully saturated rings. The van der Waals surface area contributed by atoms with E-state index in [1.165, 1.54) is 6.33 Å². The van der Waals surface area contributed by atoms with Gasteiger partial charge in [0.2, 0.25) is 5.88 Å². The Hall–Kier alpha value is -1.91. The van der Waals surface area contributed by atoms with Crippen LogP contribution < -0.4 is 4.74 Å². The van der Waals surface area contributed by atoms with E-state index in [0.29, 0.717) is 22.3 Å². The maximum Gasteiger partial charge on any atom is 0.228 e. The molecular weight excluding hydrogens is 297 g/mol. The second-order valence-electron chi connectivity index (χ2n) is 4.04. The molecule has 2 aromatic heterocycles. The molecule has 20 heavy (non-hydrogen) atoms. The molecule has 0 radical (unpaired) electrons. The van der Waals surface area contributed by atoms with Gasteiger partial charge in [-0.1, -0.05) is 17.7 Å². The van der Waals surface area contributed by atoms with Gasteiger partial charge >= 0.3 is 0 Å². The molecule has 4 nitrogen and oxygen atoms in total. The van der Waals surface area contributed by atoms with E-state index in [-0.39, 0.29) is 5.88 Å². The Kier molecular flexibility index (Phi) is 3.67. The zero-order valence-corrected chi connectivity index (χ0v) is 11.8. The predicted molar refractivity (Wildman–Crippen MR) is 78.4 cm³/mol. The minimum absolute atomic E-state index is 0.181. The van der Waals surface area contributed by atoms with Crippen LogP contribution in [0.25, 0.3) is 10.9 Å². The third-order valence-electron chi connectivity index (χ3n) is 2.78. The lowest BCUT2D eigenvalue weighted by Crippen LogP contribution is -1.96. The van der Waals surface area contributed by atoms with Crippen LogP contribution in [0.15, 0.2) is 42.9 Å². The van der Waals surface area contributed by atoms with Gasteiger partial charge < -0.3 is 4.74 Å². The molecule has 0 saturated carbocycles. The highest BCUT2D eigenvalue weighted by molar-refractivity contribution is 6.31. The zero-order valence-electron chi connectivity index (χ0n) is 10.3. The van der Waals surface area contributed by atoms with E-state index in [1.807, 2.05) is 30.3 Å². The largest absolute Gasteiger partial charge is 0.438 e. The molecule has 1 aromatic carbocycles. The smallest absolute Gasteiger partial charge is 0.228 e. The number of ether oxygens (including phenoxy) is 1. The zero-order chi connectivity index (χ0) is 13.9. The van der Waals surface area contributed by atoms with Gasteiger partial charge in [0.05, 0.1) is 17.0 Å². The lowest BCUT2D eigenvalue weighted by atomic mass is 10.2. The van der Waals surface area contributed by atoms with Crippen molar-refractivity contribution < 1.29 is 4.74 Å². The molecule has 0 bridgehead atoms. The summed E-state index contributed by atoms with van der Waals surface area (Å²) < 4.78 is 5.73. The molecule has 0 amide bonds. The molecule has 0 atom stereocenters. The fraction of sp³-hybridized carbons (Fsp3) is 0.0714. The van der Waals surface area contributed by atoms with Crippen LogP contribution >= 0.6 is 23.2 Å². The average Bonchev–Trinajstić information content (AvgIpc) is 2.47. The van der Waals surface area contributed by atoms with E-state index < -0.39 is 0 Å². The Bertz CT molecular complexity index is 764. The normalized spacial score (nSPS) is 10.7. The van der Waals surface area contributed by atoms with Crippen molar-refractivity contribution in [2.45, 2.75) is 5.88 Å². The molecule has 3 rings (SSSR count). The van der Waals surface area contributed by atoms with Crippen LogP contribution in [0.1, 0.15) is 5.56 Å². The van der Waals surface area contributed by atoms with Crippen molar-refractivity contribution in [3.05, 3.63) is 53.6 Å². The molecule has 0 spiro atoms. The number of aromatic nitrogens is 3. The van der Waals surface area contributed by atoms with Gasteiger partial charge in [-0.05, 0) is 18.2 Å². The number of pyridine rings is 1. The highest BCUT2D eigenvalue weighted by Crippen LogP contribution is 2.29. The number of halogens is 2. The third-order valence-corrected chi connectivity index (χ3v) is 3.37. The van der Waals surface area contributed by atoms with Crippen molar-refractivity contribution >= 4 is 34.1 Å². The molecule has 0 unspecified atom stereocenters. The first-order valence-electron chi connectivity index (χ1n) is 5.86. The SMILES string of the molecule is ClCc1c(Cl)ncnc1Oc1ccc2cccnc2c1. The second-order valence-corrected chi connectivity index (χ2v) is 4.67. The Labute approximate surface area is 125 Å². The number of fused-ring (bicyclic) bond motifs is 1. The summed E-state index contributed by atoms with van der Waals surface area (Å²) in [5, 5.41) is 1.34. The van der Waals surface area contributed by atoms with E-state index in [0.717, 1.165) is 10.9 Å². The molecule has 0 aliphatic heterocycles. The molecule has 100 valence electrons. The highest BCUT2D eigenvalue weighted by Gasteiger charge is 2.11. The van der Waals surface area contributed by atoms with Gasteiger partial charge in [-0.15, -0.1) is 11.6 Å². The summed E-state index contributed by atoms with van der Waals surface area (Å²) >= 11 is 11.8. The van der Waals surface area contributed by atoms with Crippen LogP contribution in [-0.2, 0) is 5.88 Å². The van der Waals surface area contributed by atoms with Crippen LogP contribution in [0.4, 0.5) is 0 Å². The van der Waals surface area contributed by atoms with Gasteiger partial charge in [0, 0.05) is 17.6 Å². The number of hydrogen-bond donors (Lipinski definition) is 0. The highest BCUT2D eigenvalue weighted by atomic mass is 35.5. The molecule has 0 aliphatic carbocycles. The number of rotatable bonds is 3. The van der Waals surface area contributed by atoms with Gasteiger partial charge in [0.15, 0.2) is 0 Å². The quantitative estimate of drug-likeness (QED) is 0.537. The van der Waals surface area contributed by atoms with Crippen LogP contribution in [0.5, 0.6) is 11.6 Å². The van der Waals surface area contributed by atoms with Crippen LogP contribution in [0.2, 0.25) is 5.15 Å². The first kappa shape index (κ1) is 13.1. The minimum Gasteiger partial charge on any atom is -0.438 e. The van der Waals surface area contributed by atoms with E-state index in [1.54, 1.807) is 6.20 Å². The van der Waals surface area contributed by atoms with Gasteiger partial charge in [-0.2, -0.15) is 0 Å². The Morgan fingerprint density at radius 2 is 2.00 bits per heavy atom.